The maximum Gasteiger partial charge on any atom is 0.339 e. The number of hydrogen-bond acceptors (Lipinski definition) is 32. The molecule has 0 bridgehead atoms. The number of esters is 2. The zero-order valence-corrected chi connectivity index (χ0v) is 53.7. The van der Waals surface area contributed by atoms with Crippen LogP contribution in [0.3, 0.4) is 0 Å². The minimum atomic E-state index is -2.35. The summed E-state index contributed by atoms with van der Waals surface area (Å²) in [4.78, 5) is 139. The van der Waals surface area contributed by atoms with Crippen LogP contribution in [0.2, 0.25) is 0 Å². The molecule has 0 heterocycles. The fraction of sp³-hybridized carbons (Fsp3) is 0.769. The van der Waals surface area contributed by atoms with Crippen LogP contribution in [0, 0.1) is 0 Å². The third-order valence-corrected chi connectivity index (χ3v) is 11.2. The fourth-order valence-corrected chi connectivity index (χ4v) is 6.67. The number of rotatable bonds is 50. The molecule has 0 aromatic carbocycles. The Morgan fingerprint density at radius 3 is 0.646 bits per heavy atom. The van der Waals surface area contributed by atoms with Gasteiger partial charge in [0.15, 0.2) is 22.4 Å². The second-order valence-electron chi connectivity index (χ2n) is 19.3. The van der Waals surface area contributed by atoms with Crippen molar-refractivity contribution in [3.63, 3.8) is 0 Å². The summed E-state index contributed by atoms with van der Waals surface area (Å²) < 4.78 is 29.0. The van der Waals surface area contributed by atoms with E-state index in [0.29, 0.717) is 45.8 Å². The predicted octanol–water partition coefficient (Wildman–Crippen LogP) is -10.0. The van der Waals surface area contributed by atoms with Crippen LogP contribution in [-0.4, -0.2) is 413 Å². The second-order valence-corrected chi connectivity index (χ2v) is 19.3. The van der Waals surface area contributed by atoms with Gasteiger partial charge in [0, 0.05) is 52.4 Å². The standard InChI is InChI=1S/2C13H23NO9.2C8H12O8.2C5H13NO2.2H2O/c1-14(2-4-15)3-6-22-11(19)9-13(12(20)21,8-10(17)18)23-7-5-16;1-14(2-4-15)3-6-22-12(21)13(8-10(17)18,9-11(19)20)23-7-5-16;2*9-1-2-16-8(7(14)15,3-5(10)11)4-6(12)13;2*1-6(2-4-7)3-5-8;;/h15-16H,2-9H2,1H3,(H,17,18)(H,20,21);15-16H,2-9H2,1H3,(H,17,18)(H,19,20);2*9H,1-4H2,(H,10,11)(H,12,13)(H,14,15);2*7-8H,2-5H2,1H3;2*1H2. The van der Waals surface area contributed by atoms with Crippen LogP contribution >= 0.6 is 0 Å². The summed E-state index contributed by atoms with van der Waals surface area (Å²) in [5, 5.41) is 173. The fourth-order valence-electron chi connectivity index (χ4n) is 6.67. The number of carboxylic acid groups (broad SMARTS) is 10. The van der Waals surface area contributed by atoms with Crippen LogP contribution in [-0.2, 0) is 86.0 Å². The van der Waals surface area contributed by atoms with E-state index in [1.54, 1.807) is 23.9 Å². The SMILES string of the molecule is CN(CCO)CCO.CN(CCO)CCO.CN(CCO)CCOC(=O)C(CC(=O)O)(CC(=O)O)OCCO.CN(CCO)CCOC(=O)CC(CC(=O)O)(OCCO)C(=O)O.O.O.O=C(O)CC(CC(=O)O)(OCCO)C(=O)O.O=C(O)CC(CC(=O)O)(OCCO)C(=O)O. The number of aliphatic carboxylic acids is 10. The van der Waals surface area contributed by atoms with Crippen molar-refractivity contribution in [2.24, 2.45) is 0 Å². The lowest BCUT2D eigenvalue weighted by Crippen LogP contribution is -2.47. The molecule has 0 aliphatic heterocycles. The van der Waals surface area contributed by atoms with Gasteiger partial charge in [0.1, 0.15) is 13.2 Å². The molecule has 44 heteroatoms. The Labute approximate surface area is 549 Å². The molecule has 0 amide bonds. The number of hydrogen-bond donors (Lipinski definition) is 20. The molecule has 44 nitrogen and oxygen atoms in total. The highest BCUT2D eigenvalue weighted by Crippen LogP contribution is 2.26. The number of aliphatic hydroxyl groups excluding tert-OH is 10. The molecule has 24 N–H and O–H groups in total. The Morgan fingerprint density at radius 1 is 0.260 bits per heavy atom. The summed E-state index contributed by atoms with van der Waals surface area (Å²) in [6.45, 7) is 0.414. The second kappa shape index (κ2) is 62.6. The molecule has 1 atom stereocenters. The van der Waals surface area contributed by atoms with E-state index in [-0.39, 0.29) is 70.4 Å². The van der Waals surface area contributed by atoms with Gasteiger partial charge >= 0.3 is 71.6 Å². The number of carbonyl (C=O) groups excluding carboxylic acids is 2. The zero-order chi connectivity index (χ0) is 74.1. The Bertz CT molecular complexity index is 2030. The average Bonchev–Trinajstić information content (AvgIpc) is 0.866. The van der Waals surface area contributed by atoms with Crippen molar-refractivity contribution < 1.29 is 199 Å². The summed E-state index contributed by atoms with van der Waals surface area (Å²) in [6.07, 6.45) is -7.50. The predicted molar refractivity (Wildman–Crippen MR) is 318 cm³/mol. The van der Waals surface area contributed by atoms with Gasteiger partial charge in [-0.25, -0.2) is 19.2 Å². The van der Waals surface area contributed by atoms with E-state index in [2.05, 4.69) is 9.47 Å². The molecule has 0 saturated heterocycles. The van der Waals surface area contributed by atoms with Crippen LogP contribution in [0.5, 0.6) is 0 Å². The first-order chi connectivity index (χ1) is 43.8. The van der Waals surface area contributed by atoms with E-state index < -0.39 is 198 Å². The largest absolute Gasteiger partial charge is 0.481 e. The number of carbonyl (C=O) groups is 12. The molecule has 0 aliphatic rings. The normalized spacial score (nSPS) is 11.4. The van der Waals surface area contributed by atoms with Gasteiger partial charge in [0.2, 0.25) is 0 Å². The van der Waals surface area contributed by atoms with Gasteiger partial charge in [-0.1, -0.05) is 0 Å². The Hall–Kier alpha value is -7.16. The highest BCUT2D eigenvalue weighted by molar-refractivity contribution is 5.91. The van der Waals surface area contributed by atoms with E-state index >= 15 is 0 Å². The lowest BCUT2D eigenvalue weighted by molar-refractivity contribution is -0.184. The molecule has 96 heavy (non-hydrogen) atoms. The van der Waals surface area contributed by atoms with Gasteiger partial charge in [0.25, 0.3) is 0 Å². The van der Waals surface area contributed by atoms with Crippen molar-refractivity contribution in [2.45, 2.75) is 73.8 Å². The summed E-state index contributed by atoms with van der Waals surface area (Å²) in [7, 11) is 7.08. The number of likely N-dealkylation sites (N-methyl/N-ethyl adjacent to an activating group) is 4. The smallest absolute Gasteiger partial charge is 0.339 e. The zero-order valence-electron chi connectivity index (χ0n) is 53.7. The first kappa shape index (κ1) is 105. The van der Waals surface area contributed by atoms with Gasteiger partial charge < -0.3 is 161 Å². The molecule has 0 spiro atoms. The molecule has 1 unspecified atom stereocenters. The lowest BCUT2D eigenvalue weighted by Gasteiger charge is -2.29. The van der Waals surface area contributed by atoms with Gasteiger partial charge in [-0.05, 0) is 28.2 Å². The van der Waals surface area contributed by atoms with Crippen molar-refractivity contribution >= 4 is 71.6 Å². The van der Waals surface area contributed by atoms with Crippen molar-refractivity contribution in [3.8, 4) is 0 Å². The van der Waals surface area contributed by atoms with Gasteiger partial charge in [0.05, 0.1) is 144 Å². The van der Waals surface area contributed by atoms with Crippen LogP contribution < -0.4 is 0 Å². The third-order valence-electron chi connectivity index (χ3n) is 11.2. The van der Waals surface area contributed by atoms with E-state index in [4.69, 9.17) is 116 Å². The molecule has 0 radical (unpaired) electrons. The number of ether oxygens (including phenoxy) is 6. The summed E-state index contributed by atoms with van der Waals surface area (Å²) in [5.41, 5.74) is -9.18. The molecule has 0 saturated carbocycles. The number of nitrogens with zero attached hydrogens (tertiary/aromatic N) is 4. The first-order valence-corrected chi connectivity index (χ1v) is 27.8. The summed E-state index contributed by atoms with van der Waals surface area (Å²) in [6, 6.07) is 0. The van der Waals surface area contributed by atoms with Crippen molar-refractivity contribution in [2.75, 3.05) is 186 Å². The molecule has 568 valence electrons. The van der Waals surface area contributed by atoms with Gasteiger partial charge in [-0.3, -0.25) is 38.4 Å². The minimum Gasteiger partial charge on any atom is -0.481 e. The Kier molecular flexibility index (Phi) is 68.4. The van der Waals surface area contributed by atoms with E-state index in [9.17, 15) is 62.6 Å². The molecule has 0 aromatic rings. The molecule has 0 aromatic heterocycles. The van der Waals surface area contributed by atoms with Crippen LogP contribution in [0.15, 0.2) is 0 Å². The molecule has 0 rings (SSSR count). The van der Waals surface area contributed by atoms with Crippen LogP contribution in [0.4, 0.5) is 0 Å². The van der Waals surface area contributed by atoms with Crippen LogP contribution in [0.1, 0.15) is 51.4 Å². The molecule has 0 fully saturated rings. The van der Waals surface area contributed by atoms with E-state index in [1.165, 1.54) is 0 Å². The minimum absolute atomic E-state index is 0. The number of aliphatic hydroxyl groups is 10. The highest BCUT2D eigenvalue weighted by atomic mass is 16.6. The van der Waals surface area contributed by atoms with Gasteiger partial charge in [-0.15, -0.1) is 0 Å². The maximum absolute atomic E-state index is 12.2. The van der Waals surface area contributed by atoms with Crippen molar-refractivity contribution in [1.82, 2.24) is 19.6 Å². The van der Waals surface area contributed by atoms with E-state index in [0.717, 1.165) is 0 Å². The summed E-state index contributed by atoms with van der Waals surface area (Å²) >= 11 is 0. The van der Waals surface area contributed by atoms with Crippen molar-refractivity contribution in [3.05, 3.63) is 0 Å². The van der Waals surface area contributed by atoms with Gasteiger partial charge in [-0.2, -0.15) is 0 Å². The number of carboxylic acids is 10. The Morgan fingerprint density at radius 2 is 0.448 bits per heavy atom. The molecular weight excluding hydrogens is 1320 g/mol. The van der Waals surface area contributed by atoms with Crippen molar-refractivity contribution in [1.29, 1.82) is 0 Å². The molecule has 0 aliphatic carbocycles. The quantitative estimate of drug-likeness (QED) is 0.0252. The average molecular weight is 1420 g/mol. The van der Waals surface area contributed by atoms with E-state index in [1.807, 2.05) is 23.9 Å². The lowest BCUT2D eigenvalue weighted by atomic mass is 9.95. The first-order valence-electron chi connectivity index (χ1n) is 27.8. The summed E-state index contributed by atoms with van der Waals surface area (Å²) in [5.74, 6) is -17.4. The third kappa shape index (κ3) is 56.1. The van der Waals surface area contributed by atoms with Crippen LogP contribution in [0.25, 0.3) is 0 Å². The topological polar surface area (TPSA) is 741 Å². The maximum atomic E-state index is 12.2. The Balaban J connectivity index is -0.000000167. The monoisotopic (exact) mass is 1420 g/mol. The highest BCUT2D eigenvalue weighted by Gasteiger charge is 2.48. The molecular formula is C52H100N4O40.